The molecule has 1 N–H and O–H groups in total. The van der Waals surface area contributed by atoms with Crippen molar-refractivity contribution in [1.29, 1.82) is 0 Å². The number of ether oxygens (including phenoxy) is 1. The normalized spacial score (nSPS) is 12.6. The van der Waals surface area contributed by atoms with Crippen LogP contribution in [0.4, 0.5) is 13.2 Å². The Morgan fingerprint density at radius 1 is 1.55 bits per heavy atom. The number of rotatable bonds is 6. The van der Waals surface area contributed by atoms with Crippen LogP contribution in [0.25, 0.3) is 0 Å². The molecule has 0 aliphatic carbocycles. The van der Waals surface area contributed by atoms with Gasteiger partial charge in [0.1, 0.15) is 5.69 Å². The minimum absolute atomic E-state index is 0.117. The van der Waals surface area contributed by atoms with Gasteiger partial charge in [0.25, 0.3) is 5.91 Å². The molecule has 5 nitrogen and oxygen atoms in total. The molecule has 0 fully saturated rings. The van der Waals surface area contributed by atoms with Gasteiger partial charge in [-0.25, -0.2) is 0 Å². The summed E-state index contributed by atoms with van der Waals surface area (Å²) in [5.74, 6) is -0.897. The summed E-state index contributed by atoms with van der Waals surface area (Å²) in [6.45, 7) is 2.97. The van der Waals surface area contributed by atoms with Crippen LogP contribution in [0.15, 0.2) is 31.0 Å². The highest BCUT2D eigenvalue weighted by Gasteiger charge is 2.42. The Morgan fingerprint density at radius 2 is 2.25 bits per heavy atom. The Kier molecular flexibility index (Phi) is 5.39. The first-order valence-electron chi connectivity index (χ1n) is 5.39. The molecule has 108 valence electrons. The number of nitrogens with zero attached hydrogens (tertiary/aromatic N) is 1. The second-order valence-corrected chi connectivity index (χ2v) is 3.61. The Hall–Kier alpha value is -2.22. The molecule has 0 aromatic carbocycles. The van der Waals surface area contributed by atoms with E-state index < -0.39 is 18.2 Å². The molecule has 1 heterocycles. The van der Waals surface area contributed by atoms with E-state index in [9.17, 15) is 22.8 Å². The average molecular weight is 288 g/mol. The number of alkyl halides is 3. The monoisotopic (exact) mass is 288 g/mol. The van der Waals surface area contributed by atoms with E-state index in [2.05, 4.69) is 16.3 Å². The van der Waals surface area contributed by atoms with E-state index >= 15 is 0 Å². The summed E-state index contributed by atoms with van der Waals surface area (Å²) in [6, 6.07) is 2.00. The first-order valence-corrected chi connectivity index (χ1v) is 5.39. The smallest absolute Gasteiger partial charge is 0.360 e. The SMILES string of the molecule is C=CCOC(c1ccnc(C(=O)NC=O)c1)C(F)(F)F. The zero-order valence-corrected chi connectivity index (χ0v) is 10.2. The van der Waals surface area contributed by atoms with E-state index in [1.165, 1.54) is 6.08 Å². The lowest BCUT2D eigenvalue weighted by molar-refractivity contribution is -0.220. The van der Waals surface area contributed by atoms with E-state index in [0.29, 0.717) is 0 Å². The second-order valence-electron chi connectivity index (χ2n) is 3.61. The van der Waals surface area contributed by atoms with Gasteiger partial charge in [0.15, 0.2) is 6.10 Å². The van der Waals surface area contributed by atoms with Gasteiger partial charge in [0.2, 0.25) is 6.41 Å². The van der Waals surface area contributed by atoms with Crippen LogP contribution in [0.1, 0.15) is 22.2 Å². The third-order valence-electron chi connectivity index (χ3n) is 2.19. The molecule has 0 saturated heterocycles. The highest BCUT2D eigenvalue weighted by atomic mass is 19.4. The van der Waals surface area contributed by atoms with Crippen LogP contribution >= 0.6 is 0 Å². The molecule has 1 aromatic rings. The van der Waals surface area contributed by atoms with Crippen LogP contribution < -0.4 is 5.32 Å². The molecule has 1 aromatic heterocycles. The summed E-state index contributed by atoms with van der Waals surface area (Å²) < 4.78 is 43.3. The number of hydrogen-bond acceptors (Lipinski definition) is 4. The fourth-order valence-electron chi connectivity index (χ4n) is 1.41. The van der Waals surface area contributed by atoms with Gasteiger partial charge in [-0.2, -0.15) is 13.2 Å². The zero-order chi connectivity index (χ0) is 15.2. The van der Waals surface area contributed by atoms with Gasteiger partial charge in [-0.3, -0.25) is 19.9 Å². The van der Waals surface area contributed by atoms with Gasteiger partial charge in [-0.05, 0) is 17.7 Å². The summed E-state index contributed by atoms with van der Waals surface area (Å²) in [5, 5.41) is 1.79. The number of carbonyl (C=O) groups is 2. The molecule has 2 amide bonds. The molecule has 1 atom stereocenters. The molecule has 0 bridgehead atoms. The molecule has 0 aliphatic rings. The van der Waals surface area contributed by atoms with Crippen molar-refractivity contribution in [2.45, 2.75) is 12.3 Å². The van der Waals surface area contributed by atoms with Gasteiger partial charge in [-0.15, -0.1) is 6.58 Å². The van der Waals surface area contributed by atoms with E-state index in [0.717, 1.165) is 18.3 Å². The molecule has 1 unspecified atom stereocenters. The van der Waals surface area contributed by atoms with Crippen LogP contribution in [-0.4, -0.2) is 30.1 Å². The maximum absolute atomic E-state index is 12.9. The van der Waals surface area contributed by atoms with Crippen LogP contribution in [0, 0.1) is 0 Å². The predicted octanol–water partition coefficient (Wildman–Crippen LogP) is 1.77. The largest absolute Gasteiger partial charge is 0.418 e. The van der Waals surface area contributed by atoms with Crippen molar-refractivity contribution in [1.82, 2.24) is 10.3 Å². The Balaban J connectivity index is 3.07. The van der Waals surface area contributed by atoms with Gasteiger partial charge >= 0.3 is 6.18 Å². The number of pyridine rings is 1. The predicted molar refractivity (Wildman–Crippen MR) is 62.7 cm³/mol. The molecule has 8 heteroatoms. The van der Waals surface area contributed by atoms with Crippen molar-refractivity contribution >= 4 is 12.3 Å². The quantitative estimate of drug-likeness (QED) is 0.640. The van der Waals surface area contributed by atoms with Crippen molar-refractivity contribution in [3.8, 4) is 0 Å². The number of aromatic nitrogens is 1. The van der Waals surface area contributed by atoms with Crippen LogP contribution in [0.5, 0.6) is 0 Å². The van der Waals surface area contributed by atoms with Gasteiger partial charge in [0.05, 0.1) is 6.61 Å². The number of hydrogen-bond donors (Lipinski definition) is 1. The van der Waals surface area contributed by atoms with Crippen molar-refractivity contribution in [2.24, 2.45) is 0 Å². The van der Waals surface area contributed by atoms with Crippen molar-refractivity contribution in [3.05, 3.63) is 42.2 Å². The number of amides is 2. The van der Waals surface area contributed by atoms with E-state index in [4.69, 9.17) is 0 Å². The number of nitrogens with one attached hydrogen (secondary N) is 1. The van der Waals surface area contributed by atoms with E-state index in [1.54, 1.807) is 5.32 Å². The fourth-order valence-corrected chi connectivity index (χ4v) is 1.41. The first-order chi connectivity index (χ1) is 9.40. The fraction of sp³-hybridized carbons (Fsp3) is 0.250. The van der Waals surface area contributed by atoms with Crippen molar-refractivity contribution in [3.63, 3.8) is 0 Å². The first kappa shape index (κ1) is 15.8. The Labute approximate surface area is 112 Å². The van der Waals surface area contributed by atoms with E-state index in [-0.39, 0.29) is 24.3 Å². The van der Waals surface area contributed by atoms with Gasteiger partial charge in [0, 0.05) is 6.20 Å². The molecule has 0 spiro atoms. The molecule has 0 radical (unpaired) electrons. The number of carbonyl (C=O) groups excluding carboxylic acids is 2. The summed E-state index contributed by atoms with van der Waals surface area (Å²) in [7, 11) is 0. The highest BCUT2D eigenvalue weighted by molar-refractivity contribution is 5.98. The standard InChI is InChI=1S/C12H11F3N2O3/c1-2-5-20-10(12(13,14)15)8-3-4-16-9(6-8)11(19)17-7-18/h2-4,6-7,10H,1,5H2,(H,17,18,19). The van der Waals surface area contributed by atoms with E-state index in [1.807, 2.05) is 0 Å². The lowest BCUT2D eigenvalue weighted by atomic mass is 10.1. The van der Waals surface area contributed by atoms with Crippen LogP contribution in [0.2, 0.25) is 0 Å². The Bertz CT molecular complexity index is 503. The van der Waals surface area contributed by atoms with Gasteiger partial charge in [-0.1, -0.05) is 6.08 Å². The third kappa shape index (κ3) is 4.16. The summed E-state index contributed by atoms with van der Waals surface area (Å²) in [6.07, 6.45) is -4.52. The minimum atomic E-state index is -4.65. The molecule has 20 heavy (non-hydrogen) atoms. The second kappa shape index (κ2) is 6.80. The lowest BCUT2D eigenvalue weighted by Crippen LogP contribution is -2.26. The van der Waals surface area contributed by atoms with Crippen LogP contribution in [0.3, 0.4) is 0 Å². The topological polar surface area (TPSA) is 68.3 Å². The zero-order valence-electron chi connectivity index (χ0n) is 10.2. The number of halogens is 3. The van der Waals surface area contributed by atoms with Crippen LogP contribution in [-0.2, 0) is 9.53 Å². The molecule has 0 aliphatic heterocycles. The maximum Gasteiger partial charge on any atom is 0.418 e. The van der Waals surface area contributed by atoms with Crippen molar-refractivity contribution < 1.29 is 27.5 Å². The molecular formula is C12H11F3N2O3. The average Bonchev–Trinajstić information content (AvgIpc) is 2.38. The molecule has 0 saturated carbocycles. The highest BCUT2D eigenvalue weighted by Crippen LogP contribution is 2.35. The maximum atomic E-state index is 12.9. The summed E-state index contributed by atoms with van der Waals surface area (Å²) in [4.78, 5) is 25.1. The molecule has 1 rings (SSSR count). The minimum Gasteiger partial charge on any atom is -0.360 e. The molecular weight excluding hydrogens is 277 g/mol. The third-order valence-corrected chi connectivity index (χ3v) is 2.19. The summed E-state index contributed by atoms with van der Waals surface area (Å²) in [5.41, 5.74) is -0.601. The van der Waals surface area contributed by atoms with Gasteiger partial charge < -0.3 is 4.74 Å². The lowest BCUT2D eigenvalue weighted by Gasteiger charge is -2.20. The summed E-state index contributed by atoms with van der Waals surface area (Å²) >= 11 is 0. The Morgan fingerprint density at radius 3 is 2.80 bits per heavy atom. The number of imide groups is 1. The van der Waals surface area contributed by atoms with Crippen molar-refractivity contribution in [2.75, 3.05) is 6.61 Å².